The van der Waals surface area contributed by atoms with E-state index in [1.165, 1.54) is 23.0 Å². The largest absolute Gasteiger partial charge is 0.389 e. The average Bonchev–Trinajstić information content (AvgIpc) is 2.74. The predicted octanol–water partition coefficient (Wildman–Crippen LogP) is 0.855. The first kappa shape index (κ1) is 13.5. The summed E-state index contributed by atoms with van der Waals surface area (Å²) in [5.74, 6) is 0.376. The van der Waals surface area contributed by atoms with Gasteiger partial charge in [-0.15, -0.1) is 0 Å². The van der Waals surface area contributed by atoms with E-state index in [1.807, 2.05) is 0 Å². The van der Waals surface area contributed by atoms with Crippen molar-refractivity contribution in [2.75, 3.05) is 4.72 Å². The number of anilines is 1. The third-order valence-corrected chi connectivity index (χ3v) is 4.08. The molecule has 0 unspecified atom stereocenters. The van der Waals surface area contributed by atoms with Gasteiger partial charge >= 0.3 is 0 Å². The van der Waals surface area contributed by atoms with Crippen LogP contribution in [-0.4, -0.2) is 23.2 Å². The van der Waals surface area contributed by atoms with Crippen molar-refractivity contribution < 1.29 is 8.42 Å². The summed E-state index contributed by atoms with van der Waals surface area (Å²) in [5, 5.41) is 3.89. The SMILES string of the molecule is Cn1nccc1NS(=O)(=O)c1cccc(C(N)=S)c1. The highest BCUT2D eigenvalue weighted by molar-refractivity contribution is 7.92. The van der Waals surface area contributed by atoms with E-state index in [0.29, 0.717) is 11.4 Å². The molecule has 0 amide bonds. The highest BCUT2D eigenvalue weighted by Crippen LogP contribution is 2.16. The van der Waals surface area contributed by atoms with Crippen molar-refractivity contribution in [3.63, 3.8) is 0 Å². The van der Waals surface area contributed by atoms with E-state index >= 15 is 0 Å². The molecule has 100 valence electrons. The van der Waals surface area contributed by atoms with Crippen molar-refractivity contribution in [1.82, 2.24) is 9.78 Å². The average molecular weight is 296 g/mol. The quantitative estimate of drug-likeness (QED) is 0.817. The Bertz CT molecular complexity index is 722. The molecule has 19 heavy (non-hydrogen) atoms. The summed E-state index contributed by atoms with van der Waals surface area (Å²) in [6, 6.07) is 7.72. The summed E-state index contributed by atoms with van der Waals surface area (Å²) in [7, 11) is -2.05. The van der Waals surface area contributed by atoms with Crippen molar-refractivity contribution in [2.45, 2.75) is 4.90 Å². The van der Waals surface area contributed by atoms with Crippen molar-refractivity contribution >= 4 is 33.0 Å². The maximum atomic E-state index is 12.2. The van der Waals surface area contributed by atoms with E-state index in [4.69, 9.17) is 18.0 Å². The second-order valence-corrected chi connectivity index (χ2v) is 5.96. The van der Waals surface area contributed by atoms with Crippen molar-refractivity contribution in [3.8, 4) is 0 Å². The van der Waals surface area contributed by atoms with Gasteiger partial charge in [-0.2, -0.15) is 5.10 Å². The predicted molar refractivity (Wildman–Crippen MR) is 76.3 cm³/mol. The van der Waals surface area contributed by atoms with Gasteiger partial charge in [0.1, 0.15) is 10.8 Å². The van der Waals surface area contributed by atoms with Crippen LogP contribution in [0, 0.1) is 0 Å². The molecular formula is C11H12N4O2S2. The lowest BCUT2D eigenvalue weighted by molar-refractivity contribution is 0.600. The minimum Gasteiger partial charge on any atom is -0.389 e. The minimum atomic E-state index is -3.69. The molecule has 0 atom stereocenters. The number of hydrogen-bond acceptors (Lipinski definition) is 4. The van der Waals surface area contributed by atoms with Crippen molar-refractivity contribution in [2.24, 2.45) is 12.8 Å². The van der Waals surface area contributed by atoms with Crippen LogP contribution < -0.4 is 10.5 Å². The van der Waals surface area contributed by atoms with Crippen LogP contribution in [0.4, 0.5) is 5.82 Å². The van der Waals surface area contributed by atoms with Gasteiger partial charge in [-0.3, -0.25) is 9.40 Å². The third-order valence-electron chi connectivity index (χ3n) is 2.49. The molecule has 0 fully saturated rings. The summed E-state index contributed by atoms with van der Waals surface area (Å²) in [5.41, 5.74) is 5.99. The number of thiocarbonyl (C=S) groups is 1. The molecular weight excluding hydrogens is 284 g/mol. The number of rotatable bonds is 4. The second kappa shape index (κ2) is 4.98. The van der Waals surface area contributed by atoms with Gasteiger partial charge in [0.05, 0.1) is 11.1 Å². The van der Waals surface area contributed by atoms with Crippen molar-refractivity contribution in [3.05, 3.63) is 42.1 Å². The zero-order valence-electron chi connectivity index (χ0n) is 10.1. The molecule has 0 spiro atoms. The Balaban J connectivity index is 2.37. The van der Waals surface area contributed by atoms with Crippen LogP contribution in [0.1, 0.15) is 5.56 Å². The first-order valence-electron chi connectivity index (χ1n) is 5.31. The van der Waals surface area contributed by atoms with Crippen LogP contribution in [0.15, 0.2) is 41.4 Å². The van der Waals surface area contributed by atoms with Gasteiger partial charge in [0, 0.05) is 18.7 Å². The molecule has 2 rings (SSSR count). The molecule has 0 bridgehead atoms. The highest BCUT2D eigenvalue weighted by atomic mass is 32.2. The molecule has 3 N–H and O–H groups in total. The molecule has 0 aliphatic rings. The normalized spacial score (nSPS) is 11.2. The third kappa shape index (κ3) is 2.91. The smallest absolute Gasteiger partial charge is 0.263 e. The lowest BCUT2D eigenvalue weighted by Crippen LogP contribution is -2.16. The van der Waals surface area contributed by atoms with E-state index in [2.05, 4.69) is 9.82 Å². The lowest BCUT2D eigenvalue weighted by Gasteiger charge is -2.09. The topological polar surface area (TPSA) is 90.0 Å². The van der Waals surface area contributed by atoms with Gasteiger partial charge in [-0.05, 0) is 12.1 Å². The number of nitrogens with two attached hydrogens (primary N) is 1. The molecule has 0 radical (unpaired) electrons. The summed E-state index contributed by atoms with van der Waals surface area (Å²) in [6.07, 6.45) is 1.50. The van der Waals surface area contributed by atoms with Crippen molar-refractivity contribution in [1.29, 1.82) is 0 Å². The Hall–Kier alpha value is -1.93. The molecule has 0 aliphatic carbocycles. The highest BCUT2D eigenvalue weighted by Gasteiger charge is 2.16. The maximum Gasteiger partial charge on any atom is 0.263 e. The zero-order chi connectivity index (χ0) is 14.0. The molecule has 8 heteroatoms. The van der Waals surface area contributed by atoms with E-state index in [1.54, 1.807) is 25.2 Å². The van der Waals surface area contributed by atoms with E-state index < -0.39 is 10.0 Å². The van der Waals surface area contributed by atoms with E-state index in [-0.39, 0.29) is 9.88 Å². The monoisotopic (exact) mass is 296 g/mol. The second-order valence-electron chi connectivity index (χ2n) is 3.84. The Morgan fingerprint density at radius 3 is 2.74 bits per heavy atom. The van der Waals surface area contributed by atoms with Gasteiger partial charge in [0.15, 0.2) is 0 Å². The summed E-state index contributed by atoms with van der Waals surface area (Å²) in [4.78, 5) is 0.247. The molecule has 0 saturated carbocycles. The Morgan fingerprint density at radius 1 is 1.42 bits per heavy atom. The van der Waals surface area contributed by atoms with Gasteiger partial charge in [-0.25, -0.2) is 8.42 Å². The first-order valence-corrected chi connectivity index (χ1v) is 7.20. The van der Waals surface area contributed by atoms with Crippen LogP contribution in [0.3, 0.4) is 0 Å². The fourth-order valence-electron chi connectivity index (χ4n) is 1.49. The van der Waals surface area contributed by atoms with Crippen LogP contribution in [0.25, 0.3) is 0 Å². The van der Waals surface area contributed by atoms with Crippen LogP contribution >= 0.6 is 12.2 Å². The molecule has 0 saturated heterocycles. The van der Waals surface area contributed by atoms with E-state index in [9.17, 15) is 8.42 Å². The standard InChI is InChI=1S/C11H12N4O2S2/c1-15-10(5-6-13-15)14-19(16,17)9-4-2-3-8(7-9)11(12)18/h2-7,14H,1H3,(H2,12,18). The number of hydrogen-bond donors (Lipinski definition) is 2. The number of nitrogens with one attached hydrogen (secondary N) is 1. The molecule has 1 aromatic heterocycles. The summed E-state index contributed by atoms with van der Waals surface area (Å²) in [6.45, 7) is 0. The summed E-state index contributed by atoms with van der Waals surface area (Å²) < 4.78 is 28.2. The van der Waals surface area contributed by atoms with Crippen LogP contribution in [0.2, 0.25) is 0 Å². The van der Waals surface area contributed by atoms with Gasteiger partial charge in [0.25, 0.3) is 10.0 Å². The number of aryl methyl sites for hydroxylation is 1. The molecule has 6 nitrogen and oxygen atoms in total. The van der Waals surface area contributed by atoms with Gasteiger partial charge < -0.3 is 5.73 Å². The summed E-state index contributed by atoms with van der Waals surface area (Å²) >= 11 is 4.83. The fraction of sp³-hybridized carbons (Fsp3) is 0.0909. The van der Waals surface area contributed by atoms with Crippen LogP contribution in [-0.2, 0) is 17.1 Å². The van der Waals surface area contributed by atoms with Gasteiger partial charge in [0.2, 0.25) is 0 Å². The Kier molecular flexibility index (Phi) is 3.54. The molecule has 1 heterocycles. The lowest BCUT2D eigenvalue weighted by atomic mass is 10.2. The zero-order valence-corrected chi connectivity index (χ0v) is 11.7. The number of benzene rings is 1. The van der Waals surface area contributed by atoms with E-state index in [0.717, 1.165) is 0 Å². The van der Waals surface area contributed by atoms with Crippen LogP contribution in [0.5, 0.6) is 0 Å². The number of sulfonamides is 1. The minimum absolute atomic E-state index is 0.0963. The number of nitrogens with zero attached hydrogens (tertiary/aromatic N) is 2. The van der Waals surface area contributed by atoms with Gasteiger partial charge in [-0.1, -0.05) is 24.4 Å². The fourth-order valence-corrected chi connectivity index (χ4v) is 2.75. The maximum absolute atomic E-state index is 12.2. The Morgan fingerprint density at radius 2 is 2.16 bits per heavy atom. The Labute approximate surface area is 116 Å². The molecule has 1 aromatic carbocycles. The molecule has 2 aromatic rings. The first-order chi connectivity index (χ1) is 8.90. The molecule has 0 aliphatic heterocycles. The number of aromatic nitrogens is 2.